The van der Waals surface area contributed by atoms with Crippen LogP contribution < -0.4 is 0 Å². The van der Waals surface area contributed by atoms with Gasteiger partial charge in [0.05, 0.1) is 0 Å². The second kappa shape index (κ2) is 7.55. The molecule has 1 heteroatoms. The summed E-state index contributed by atoms with van der Waals surface area (Å²) in [7, 11) is 0. The van der Waals surface area contributed by atoms with E-state index in [1.54, 1.807) is 6.08 Å². The van der Waals surface area contributed by atoms with Gasteiger partial charge in [-0.25, -0.2) is 0 Å². The molecule has 1 unspecified atom stereocenters. The molecular weight excluding hydrogens is 136 g/mol. The van der Waals surface area contributed by atoms with Crippen molar-refractivity contribution < 1.29 is 5.11 Å². The van der Waals surface area contributed by atoms with Gasteiger partial charge in [-0.15, -0.1) is 0 Å². The topological polar surface area (TPSA) is 20.2 Å². The zero-order valence-electron chi connectivity index (χ0n) is 7.29. The predicted octanol–water partition coefficient (Wildman–Crippen LogP) is 2.53. The summed E-state index contributed by atoms with van der Waals surface area (Å²) in [6.45, 7) is 6.06. The molecule has 0 spiro atoms. The van der Waals surface area contributed by atoms with Crippen molar-refractivity contribution in [1.82, 2.24) is 0 Å². The molecule has 0 bridgehead atoms. The van der Waals surface area contributed by atoms with Gasteiger partial charge in [-0.3, -0.25) is 0 Å². The van der Waals surface area contributed by atoms with E-state index in [4.69, 9.17) is 5.11 Å². The van der Waals surface area contributed by atoms with Crippen LogP contribution >= 0.6 is 0 Å². The van der Waals surface area contributed by atoms with E-state index in [0.717, 1.165) is 19.3 Å². The van der Waals surface area contributed by atoms with Gasteiger partial charge in [-0.1, -0.05) is 31.7 Å². The Labute approximate surface area is 69.4 Å². The van der Waals surface area contributed by atoms with Crippen molar-refractivity contribution in [3.8, 4) is 0 Å². The van der Waals surface area contributed by atoms with Crippen LogP contribution in [0.3, 0.4) is 0 Å². The van der Waals surface area contributed by atoms with E-state index in [1.165, 1.54) is 0 Å². The Morgan fingerprint density at radius 2 is 2.18 bits per heavy atom. The third-order valence-electron chi connectivity index (χ3n) is 1.72. The monoisotopic (exact) mass is 154 g/mol. The number of rotatable bonds is 6. The SMILES string of the molecule is C=C/C=C/CCC(C)CCO. The molecule has 0 aliphatic carbocycles. The van der Waals surface area contributed by atoms with Crippen LogP contribution in [0.2, 0.25) is 0 Å². The number of hydrogen-bond acceptors (Lipinski definition) is 1. The van der Waals surface area contributed by atoms with Crippen molar-refractivity contribution in [3.05, 3.63) is 24.8 Å². The van der Waals surface area contributed by atoms with Gasteiger partial charge in [0.15, 0.2) is 0 Å². The van der Waals surface area contributed by atoms with Gasteiger partial charge < -0.3 is 5.11 Å². The molecule has 0 aromatic heterocycles. The predicted molar refractivity (Wildman–Crippen MR) is 49.4 cm³/mol. The summed E-state index contributed by atoms with van der Waals surface area (Å²) in [6.07, 6.45) is 9.03. The van der Waals surface area contributed by atoms with E-state index < -0.39 is 0 Å². The lowest BCUT2D eigenvalue weighted by Gasteiger charge is -2.05. The Morgan fingerprint density at radius 3 is 2.73 bits per heavy atom. The Bertz CT molecular complexity index is 116. The van der Waals surface area contributed by atoms with Crippen molar-refractivity contribution in [2.24, 2.45) is 5.92 Å². The first-order valence-corrected chi connectivity index (χ1v) is 4.19. The maximum atomic E-state index is 8.61. The summed E-state index contributed by atoms with van der Waals surface area (Å²) in [5.74, 6) is 0.634. The first-order chi connectivity index (χ1) is 5.31. The minimum absolute atomic E-state index is 0.312. The second-order valence-corrected chi connectivity index (χ2v) is 2.86. The largest absolute Gasteiger partial charge is 0.396 e. The zero-order valence-corrected chi connectivity index (χ0v) is 7.29. The van der Waals surface area contributed by atoms with E-state index >= 15 is 0 Å². The molecular formula is C10H18O. The minimum atomic E-state index is 0.312. The van der Waals surface area contributed by atoms with Crippen LogP contribution in [-0.2, 0) is 0 Å². The number of aliphatic hydroxyl groups is 1. The average molecular weight is 154 g/mol. The summed E-state index contributed by atoms with van der Waals surface area (Å²) in [5.41, 5.74) is 0. The Kier molecular flexibility index (Phi) is 7.16. The van der Waals surface area contributed by atoms with Crippen LogP contribution in [0.25, 0.3) is 0 Å². The van der Waals surface area contributed by atoms with Gasteiger partial charge in [0.1, 0.15) is 0 Å². The van der Waals surface area contributed by atoms with Gasteiger partial charge in [0.25, 0.3) is 0 Å². The van der Waals surface area contributed by atoms with E-state index in [2.05, 4.69) is 19.6 Å². The molecule has 0 aromatic carbocycles. The first-order valence-electron chi connectivity index (χ1n) is 4.19. The molecule has 64 valence electrons. The van der Waals surface area contributed by atoms with E-state index in [0.29, 0.717) is 12.5 Å². The molecule has 11 heavy (non-hydrogen) atoms. The molecule has 0 radical (unpaired) electrons. The molecule has 1 N–H and O–H groups in total. The van der Waals surface area contributed by atoms with Gasteiger partial charge in [0, 0.05) is 6.61 Å². The molecule has 0 fully saturated rings. The van der Waals surface area contributed by atoms with E-state index in [-0.39, 0.29) is 0 Å². The third kappa shape index (κ3) is 7.34. The lowest BCUT2D eigenvalue weighted by molar-refractivity contribution is 0.259. The Hall–Kier alpha value is -0.560. The molecule has 0 aromatic rings. The van der Waals surface area contributed by atoms with Crippen molar-refractivity contribution in [3.63, 3.8) is 0 Å². The highest BCUT2D eigenvalue weighted by atomic mass is 16.2. The van der Waals surface area contributed by atoms with Crippen LogP contribution in [0, 0.1) is 5.92 Å². The molecule has 0 heterocycles. The first kappa shape index (κ1) is 10.4. The minimum Gasteiger partial charge on any atom is -0.396 e. The van der Waals surface area contributed by atoms with Crippen molar-refractivity contribution in [2.45, 2.75) is 26.2 Å². The smallest absolute Gasteiger partial charge is 0.0433 e. The van der Waals surface area contributed by atoms with Crippen LogP contribution in [0.5, 0.6) is 0 Å². The number of hydrogen-bond donors (Lipinski definition) is 1. The van der Waals surface area contributed by atoms with Crippen LogP contribution in [0.4, 0.5) is 0 Å². The summed E-state index contributed by atoms with van der Waals surface area (Å²) in [6, 6.07) is 0. The van der Waals surface area contributed by atoms with Crippen molar-refractivity contribution in [2.75, 3.05) is 6.61 Å². The number of allylic oxidation sites excluding steroid dienone is 3. The number of aliphatic hydroxyl groups excluding tert-OH is 1. The standard InChI is InChI=1S/C10H18O/c1-3-4-5-6-7-10(2)8-9-11/h3-5,10-11H,1,6-9H2,2H3/b5-4+. The second-order valence-electron chi connectivity index (χ2n) is 2.86. The molecule has 0 amide bonds. The fourth-order valence-electron chi connectivity index (χ4n) is 0.938. The third-order valence-corrected chi connectivity index (χ3v) is 1.72. The summed E-state index contributed by atoms with van der Waals surface area (Å²) in [5, 5.41) is 8.61. The zero-order chi connectivity index (χ0) is 8.53. The fourth-order valence-corrected chi connectivity index (χ4v) is 0.938. The van der Waals surface area contributed by atoms with E-state index in [9.17, 15) is 0 Å². The lowest BCUT2D eigenvalue weighted by atomic mass is 10.0. The fraction of sp³-hybridized carbons (Fsp3) is 0.600. The van der Waals surface area contributed by atoms with Crippen molar-refractivity contribution >= 4 is 0 Å². The van der Waals surface area contributed by atoms with Gasteiger partial charge in [-0.2, -0.15) is 0 Å². The normalized spacial score (nSPS) is 13.6. The summed E-state index contributed by atoms with van der Waals surface area (Å²) < 4.78 is 0. The van der Waals surface area contributed by atoms with Crippen LogP contribution in [0.1, 0.15) is 26.2 Å². The Morgan fingerprint density at radius 1 is 1.45 bits per heavy atom. The Balaban J connectivity index is 3.22. The molecule has 0 aliphatic heterocycles. The molecule has 0 saturated carbocycles. The van der Waals surface area contributed by atoms with Gasteiger partial charge in [-0.05, 0) is 25.2 Å². The highest BCUT2D eigenvalue weighted by molar-refractivity contribution is 4.96. The summed E-state index contributed by atoms with van der Waals surface area (Å²) in [4.78, 5) is 0. The summed E-state index contributed by atoms with van der Waals surface area (Å²) >= 11 is 0. The van der Waals surface area contributed by atoms with Crippen LogP contribution in [0.15, 0.2) is 24.8 Å². The van der Waals surface area contributed by atoms with Crippen molar-refractivity contribution in [1.29, 1.82) is 0 Å². The molecule has 1 atom stereocenters. The highest BCUT2D eigenvalue weighted by Gasteiger charge is 1.97. The molecule has 0 saturated heterocycles. The maximum Gasteiger partial charge on any atom is 0.0433 e. The van der Waals surface area contributed by atoms with Gasteiger partial charge in [0.2, 0.25) is 0 Å². The van der Waals surface area contributed by atoms with Gasteiger partial charge >= 0.3 is 0 Å². The molecule has 1 nitrogen and oxygen atoms in total. The molecule has 0 rings (SSSR count). The highest BCUT2D eigenvalue weighted by Crippen LogP contribution is 2.09. The van der Waals surface area contributed by atoms with E-state index in [1.807, 2.05) is 6.08 Å². The average Bonchev–Trinajstić information content (AvgIpc) is 1.99. The lowest BCUT2D eigenvalue weighted by Crippen LogP contribution is -1.96. The van der Waals surface area contributed by atoms with Crippen LogP contribution in [-0.4, -0.2) is 11.7 Å². The molecule has 0 aliphatic rings. The quantitative estimate of drug-likeness (QED) is 0.583. The maximum absolute atomic E-state index is 8.61.